The van der Waals surface area contributed by atoms with Crippen molar-refractivity contribution in [2.24, 2.45) is 0 Å². The summed E-state index contributed by atoms with van der Waals surface area (Å²) in [5.74, 6) is -0.529. The molecule has 6 heteroatoms. The Kier molecular flexibility index (Phi) is 5.73. The number of carboxylic acid groups (broad SMARTS) is 1. The molecule has 1 fully saturated rings. The van der Waals surface area contributed by atoms with E-state index >= 15 is 0 Å². The van der Waals surface area contributed by atoms with Crippen LogP contribution < -0.4 is 4.74 Å². The van der Waals surface area contributed by atoms with Crippen molar-refractivity contribution in [1.82, 2.24) is 4.90 Å². The first kappa shape index (κ1) is 17.0. The van der Waals surface area contributed by atoms with Crippen molar-refractivity contribution in [2.45, 2.75) is 38.1 Å². The third-order valence-electron chi connectivity index (χ3n) is 3.82. The summed E-state index contributed by atoms with van der Waals surface area (Å²) in [5, 5.41) is 8.86. The van der Waals surface area contributed by atoms with Crippen LogP contribution in [0.5, 0.6) is 5.75 Å². The van der Waals surface area contributed by atoms with Gasteiger partial charge in [0.05, 0.1) is 7.11 Å². The van der Waals surface area contributed by atoms with Crippen LogP contribution in [0.25, 0.3) is 0 Å². The van der Waals surface area contributed by atoms with Crippen molar-refractivity contribution in [2.75, 3.05) is 13.7 Å². The van der Waals surface area contributed by atoms with Gasteiger partial charge in [-0.15, -0.1) is 0 Å². The Balaban J connectivity index is 1.79. The van der Waals surface area contributed by atoms with Crippen molar-refractivity contribution >= 4 is 17.7 Å². The SMILES string of the molecule is COc1ccc(C(=O)CCCC(=O)N(CC(=O)O)C2CC2)cc1. The Hall–Kier alpha value is -2.37. The highest BCUT2D eigenvalue weighted by Crippen LogP contribution is 2.27. The second kappa shape index (κ2) is 7.76. The molecule has 0 unspecified atom stereocenters. The number of carbonyl (C=O) groups is 3. The fourth-order valence-corrected chi connectivity index (χ4v) is 2.42. The minimum atomic E-state index is -1.00. The highest BCUT2D eigenvalue weighted by atomic mass is 16.5. The predicted octanol–water partition coefficient (Wildman–Crippen LogP) is 2.12. The van der Waals surface area contributed by atoms with Gasteiger partial charge in [-0.2, -0.15) is 0 Å². The van der Waals surface area contributed by atoms with Crippen LogP contribution >= 0.6 is 0 Å². The first-order valence-corrected chi connectivity index (χ1v) is 7.69. The zero-order chi connectivity index (χ0) is 16.8. The highest BCUT2D eigenvalue weighted by Gasteiger charge is 2.33. The van der Waals surface area contributed by atoms with Crippen LogP contribution in [0.15, 0.2) is 24.3 Å². The number of aliphatic carboxylic acids is 1. The number of amides is 1. The van der Waals surface area contributed by atoms with E-state index in [2.05, 4.69) is 0 Å². The highest BCUT2D eigenvalue weighted by molar-refractivity contribution is 5.96. The third-order valence-corrected chi connectivity index (χ3v) is 3.82. The van der Waals surface area contributed by atoms with Crippen LogP contribution in [-0.2, 0) is 9.59 Å². The molecular weight excluding hydrogens is 298 g/mol. The van der Waals surface area contributed by atoms with Gasteiger partial charge in [0.2, 0.25) is 5.91 Å². The second-order valence-corrected chi connectivity index (χ2v) is 5.65. The van der Waals surface area contributed by atoms with E-state index in [1.807, 2.05) is 0 Å². The van der Waals surface area contributed by atoms with Gasteiger partial charge >= 0.3 is 5.97 Å². The minimum absolute atomic E-state index is 0.0309. The van der Waals surface area contributed by atoms with Crippen molar-refractivity contribution < 1.29 is 24.2 Å². The summed E-state index contributed by atoms with van der Waals surface area (Å²) in [6, 6.07) is 6.91. The maximum Gasteiger partial charge on any atom is 0.323 e. The number of carbonyl (C=O) groups excluding carboxylic acids is 2. The predicted molar refractivity (Wildman–Crippen MR) is 83.5 cm³/mol. The van der Waals surface area contributed by atoms with Crippen molar-refractivity contribution in [3.05, 3.63) is 29.8 Å². The van der Waals surface area contributed by atoms with Crippen LogP contribution in [0.3, 0.4) is 0 Å². The molecule has 1 aromatic rings. The molecule has 0 spiro atoms. The molecule has 0 heterocycles. The first-order chi connectivity index (χ1) is 11.0. The molecule has 6 nitrogen and oxygen atoms in total. The molecule has 0 saturated heterocycles. The molecule has 0 bridgehead atoms. The molecule has 1 amide bonds. The van der Waals surface area contributed by atoms with Gasteiger partial charge in [0.1, 0.15) is 12.3 Å². The number of hydrogen-bond donors (Lipinski definition) is 1. The molecule has 1 aliphatic carbocycles. The van der Waals surface area contributed by atoms with Crippen molar-refractivity contribution in [1.29, 1.82) is 0 Å². The summed E-state index contributed by atoms with van der Waals surface area (Å²) < 4.78 is 5.04. The number of methoxy groups -OCH3 is 1. The molecule has 0 radical (unpaired) electrons. The van der Waals surface area contributed by atoms with E-state index < -0.39 is 5.97 Å². The Labute approximate surface area is 135 Å². The summed E-state index contributed by atoms with van der Waals surface area (Å²) in [6.45, 7) is -0.254. The Morgan fingerprint density at radius 3 is 2.35 bits per heavy atom. The fourth-order valence-electron chi connectivity index (χ4n) is 2.42. The van der Waals surface area contributed by atoms with Gasteiger partial charge in [-0.25, -0.2) is 0 Å². The van der Waals surface area contributed by atoms with Gasteiger partial charge in [0.25, 0.3) is 0 Å². The maximum absolute atomic E-state index is 12.1. The average Bonchev–Trinajstić information content (AvgIpc) is 3.37. The van der Waals surface area contributed by atoms with Gasteiger partial charge in [0.15, 0.2) is 5.78 Å². The lowest BCUT2D eigenvalue weighted by molar-refractivity contribution is -0.144. The number of benzene rings is 1. The molecule has 2 rings (SSSR count). The molecule has 1 saturated carbocycles. The number of rotatable bonds is 9. The molecule has 1 aliphatic rings. The monoisotopic (exact) mass is 319 g/mol. The van der Waals surface area contributed by atoms with Crippen LogP contribution in [0.1, 0.15) is 42.5 Å². The van der Waals surface area contributed by atoms with Crippen LogP contribution in [0, 0.1) is 0 Å². The Bertz CT molecular complexity index is 577. The van der Waals surface area contributed by atoms with Crippen LogP contribution in [-0.4, -0.2) is 47.4 Å². The summed E-state index contributed by atoms with van der Waals surface area (Å²) in [4.78, 5) is 36.4. The van der Waals surface area contributed by atoms with E-state index in [4.69, 9.17) is 9.84 Å². The summed E-state index contributed by atoms with van der Waals surface area (Å²) in [7, 11) is 1.56. The molecule has 0 atom stereocenters. The third kappa shape index (κ3) is 5.09. The molecular formula is C17H21NO5. The molecule has 124 valence electrons. The Morgan fingerprint density at radius 2 is 1.83 bits per heavy atom. The number of ketones is 1. The van der Waals surface area contributed by atoms with E-state index in [9.17, 15) is 14.4 Å². The number of Topliss-reactive ketones (excluding diaryl/α,β-unsaturated/α-hetero) is 1. The molecule has 0 aliphatic heterocycles. The zero-order valence-corrected chi connectivity index (χ0v) is 13.2. The van der Waals surface area contributed by atoms with Gasteiger partial charge in [0, 0.05) is 24.4 Å². The first-order valence-electron chi connectivity index (χ1n) is 7.69. The lowest BCUT2D eigenvalue weighted by Crippen LogP contribution is -2.37. The topological polar surface area (TPSA) is 83.9 Å². The van der Waals surface area contributed by atoms with Crippen molar-refractivity contribution in [3.63, 3.8) is 0 Å². The lowest BCUT2D eigenvalue weighted by Gasteiger charge is -2.20. The summed E-state index contributed by atoms with van der Waals surface area (Å²) in [6.07, 6.45) is 2.62. The maximum atomic E-state index is 12.1. The number of carboxylic acids is 1. The number of hydrogen-bond acceptors (Lipinski definition) is 4. The van der Waals surface area contributed by atoms with Crippen molar-refractivity contribution in [3.8, 4) is 5.75 Å². The zero-order valence-electron chi connectivity index (χ0n) is 13.2. The van der Waals surface area contributed by atoms with E-state index in [0.29, 0.717) is 17.7 Å². The lowest BCUT2D eigenvalue weighted by atomic mass is 10.1. The number of nitrogens with zero attached hydrogens (tertiary/aromatic N) is 1. The minimum Gasteiger partial charge on any atom is -0.497 e. The quantitative estimate of drug-likeness (QED) is 0.705. The molecule has 23 heavy (non-hydrogen) atoms. The van der Waals surface area contributed by atoms with Crippen LogP contribution in [0.4, 0.5) is 0 Å². The normalized spacial score (nSPS) is 13.4. The van der Waals surface area contributed by atoms with Gasteiger partial charge in [-0.05, 0) is 43.5 Å². The molecule has 1 N–H and O–H groups in total. The fraction of sp³-hybridized carbons (Fsp3) is 0.471. The Morgan fingerprint density at radius 1 is 1.17 bits per heavy atom. The molecule has 0 aromatic heterocycles. The second-order valence-electron chi connectivity index (χ2n) is 5.65. The number of ether oxygens (including phenoxy) is 1. The van der Waals surface area contributed by atoms with E-state index in [1.165, 1.54) is 4.90 Å². The van der Waals surface area contributed by atoms with Gasteiger partial charge in [-0.3, -0.25) is 14.4 Å². The standard InChI is InChI=1S/C17H21NO5/c1-23-14-9-5-12(6-10-14)15(19)3-2-4-16(20)18(11-17(21)22)13-7-8-13/h5-6,9-10,13H,2-4,7-8,11H2,1H3,(H,21,22). The van der Waals surface area contributed by atoms with E-state index in [-0.39, 0.29) is 37.1 Å². The largest absolute Gasteiger partial charge is 0.497 e. The molecule has 1 aromatic carbocycles. The summed E-state index contributed by atoms with van der Waals surface area (Å²) >= 11 is 0. The van der Waals surface area contributed by atoms with E-state index in [0.717, 1.165) is 12.8 Å². The van der Waals surface area contributed by atoms with Crippen LogP contribution in [0.2, 0.25) is 0 Å². The smallest absolute Gasteiger partial charge is 0.323 e. The average molecular weight is 319 g/mol. The van der Waals surface area contributed by atoms with Gasteiger partial charge in [-0.1, -0.05) is 0 Å². The summed E-state index contributed by atoms with van der Waals surface area (Å²) in [5.41, 5.74) is 0.586. The van der Waals surface area contributed by atoms with E-state index in [1.54, 1.807) is 31.4 Å². The van der Waals surface area contributed by atoms with Gasteiger partial charge < -0.3 is 14.7 Å².